The number of amides is 1. The Morgan fingerprint density at radius 2 is 2.14 bits per heavy atom. The Balaban J connectivity index is 2.33. The molecule has 1 aliphatic heterocycles. The lowest BCUT2D eigenvalue weighted by Crippen LogP contribution is -2.40. The number of nitrogens with zero attached hydrogens (tertiary/aromatic N) is 2. The van der Waals surface area contributed by atoms with E-state index >= 15 is 0 Å². The summed E-state index contributed by atoms with van der Waals surface area (Å²) >= 11 is 0. The molecule has 1 atom stereocenters. The van der Waals surface area contributed by atoms with Crippen molar-refractivity contribution in [2.75, 3.05) is 49.7 Å². The number of anilines is 3. The Hall–Kier alpha value is -1.95. The smallest absolute Gasteiger partial charge is 0.262 e. The number of fused-ring (bicyclic) bond motifs is 1. The number of likely N-dealkylation sites (N-methyl/N-ethyl adjacent to an activating group) is 2. The highest BCUT2D eigenvalue weighted by atomic mass is 16.5. The van der Waals surface area contributed by atoms with Crippen LogP contribution in [0.25, 0.3) is 0 Å². The van der Waals surface area contributed by atoms with E-state index in [1.807, 2.05) is 6.07 Å². The van der Waals surface area contributed by atoms with E-state index in [1.54, 1.807) is 6.07 Å². The summed E-state index contributed by atoms with van der Waals surface area (Å²) in [5.41, 5.74) is 8.45. The van der Waals surface area contributed by atoms with Crippen molar-refractivity contribution in [3.63, 3.8) is 0 Å². The van der Waals surface area contributed by atoms with Gasteiger partial charge in [-0.15, -0.1) is 0 Å². The molecule has 0 aliphatic carbocycles. The van der Waals surface area contributed by atoms with Gasteiger partial charge in [0.2, 0.25) is 0 Å². The van der Waals surface area contributed by atoms with Crippen LogP contribution in [-0.4, -0.2) is 50.6 Å². The number of ether oxygens (including phenoxy) is 1. The van der Waals surface area contributed by atoms with Crippen LogP contribution in [0.1, 0.15) is 13.8 Å². The van der Waals surface area contributed by atoms with Crippen LogP contribution in [0.3, 0.4) is 0 Å². The maximum atomic E-state index is 11.5. The van der Waals surface area contributed by atoms with Crippen LogP contribution in [0.5, 0.6) is 5.75 Å². The molecule has 0 aromatic heterocycles. The van der Waals surface area contributed by atoms with Crippen molar-refractivity contribution >= 4 is 23.0 Å². The first-order chi connectivity index (χ1) is 9.92. The molecule has 1 aliphatic rings. The number of hydrogen-bond acceptors (Lipinski definition) is 5. The van der Waals surface area contributed by atoms with Crippen LogP contribution in [0.4, 0.5) is 17.1 Å². The molecule has 0 saturated carbocycles. The minimum Gasteiger partial charge on any atom is -0.482 e. The molecular weight excluding hydrogens is 268 g/mol. The number of carbonyl (C=O) groups excluding carboxylic acids is 1. The highest BCUT2D eigenvalue weighted by Crippen LogP contribution is 2.37. The van der Waals surface area contributed by atoms with Gasteiger partial charge in [-0.2, -0.15) is 0 Å². The molecule has 0 fully saturated rings. The van der Waals surface area contributed by atoms with E-state index in [0.717, 1.165) is 18.8 Å². The molecule has 1 unspecified atom stereocenters. The summed E-state index contributed by atoms with van der Waals surface area (Å²) in [4.78, 5) is 15.8. The normalized spacial score (nSPS) is 15.2. The second kappa shape index (κ2) is 6.22. The van der Waals surface area contributed by atoms with E-state index in [4.69, 9.17) is 10.5 Å². The molecule has 0 spiro atoms. The van der Waals surface area contributed by atoms with Gasteiger partial charge in [-0.3, -0.25) is 4.79 Å². The Labute approximate surface area is 125 Å². The quantitative estimate of drug-likeness (QED) is 0.802. The summed E-state index contributed by atoms with van der Waals surface area (Å²) in [7, 11) is 4.10. The fraction of sp³-hybridized carbons (Fsp3) is 0.533. The first-order valence-corrected chi connectivity index (χ1v) is 7.20. The number of nitrogens with one attached hydrogen (secondary N) is 1. The summed E-state index contributed by atoms with van der Waals surface area (Å²) in [6.45, 7) is 6.07. The molecule has 0 bridgehead atoms. The van der Waals surface area contributed by atoms with Crippen LogP contribution < -0.4 is 20.7 Å². The minimum atomic E-state index is -0.136. The summed E-state index contributed by atoms with van der Waals surface area (Å²) < 4.78 is 5.39. The topological polar surface area (TPSA) is 70.8 Å². The van der Waals surface area contributed by atoms with E-state index in [2.05, 4.69) is 43.1 Å². The predicted molar refractivity (Wildman–Crippen MR) is 86.0 cm³/mol. The van der Waals surface area contributed by atoms with E-state index in [-0.39, 0.29) is 12.5 Å². The number of carbonyl (C=O) groups is 1. The Morgan fingerprint density at radius 1 is 1.43 bits per heavy atom. The second-order valence-electron chi connectivity index (χ2n) is 5.64. The molecule has 2 rings (SSSR count). The lowest BCUT2D eigenvalue weighted by molar-refractivity contribution is -0.118. The van der Waals surface area contributed by atoms with Crippen molar-refractivity contribution < 1.29 is 9.53 Å². The van der Waals surface area contributed by atoms with Crippen LogP contribution in [0, 0.1) is 0 Å². The molecule has 1 aromatic carbocycles. The molecule has 6 heteroatoms. The Morgan fingerprint density at radius 3 is 2.76 bits per heavy atom. The van der Waals surface area contributed by atoms with Crippen LogP contribution in [0.2, 0.25) is 0 Å². The largest absolute Gasteiger partial charge is 0.482 e. The second-order valence-corrected chi connectivity index (χ2v) is 5.64. The molecule has 116 valence electrons. The average Bonchev–Trinajstić information content (AvgIpc) is 2.39. The molecule has 6 nitrogen and oxygen atoms in total. The van der Waals surface area contributed by atoms with Crippen LogP contribution in [-0.2, 0) is 4.79 Å². The van der Waals surface area contributed by atoms with E-state index in [0.29, 0.717) is 23.2 Å². The first kappa shape index (κ1) is 15.4. The third kappa shape index (κ3) is 3.39. The summed E-state index contributed by atoms with van der Waals surface area (Å²) in [5, 5.41) is 2.83. The molecule has 21 heavy (non-hydrogen) atoms. The van der Waals surface area contributed by atoms with Gasteiger partial charge in [-0.1, -0.05) is 0 Å². The third-order valence-electron chi connectivity index (χ3n) is 3.57. The Bertz CT molecular complexity index is 531. The minimum absolute atomic E-state index is 0.0420. The van der Waals surface area contributed by atoms with Gasteiger partial charge in [0.1, 0.15) is 5.75 Å². The molecule has 0 saturated heterocycles. The van der Waals surface area contributed by atoms with Gasteiger partial charge < -0.3 is 25.6 Å². The number of benzene rings is 1. The van der Waals surface area contributed by atoms with Crippen molar-refractivity contribution in [2.45, 2.75) is 19.9 Å². The van der Waals surface area contributed by atoms with Gasteiger partial charge in [-0.05, 0) is 34.0 Å². The molecular formula is C15H24N4O2. The number of nitrogen functional groups attached to an aromatic ring is 1. The van der Waals surface area contributed by atoms with E-state index in [9.17, 15) is 4.79 Å². The summed E-state index contributed by atoms with van der Waals surface area (Å²) in [6.07, 6.45) is 0. The molecule has 0 radical (unpaired) electrons. The van der Waals surface area contributed by atoms with E-state index < -0.39 is 0 Å². The number of rotatable bonds is 5. The monoisotopic (exact) mass is 292 g/mol. The number of nitrogens with two attached hydrogens (primary N) is 1. The average molecular weight is 292 g/mol. The predicted octanol–water partition coefficient (Wildman–Crippen LogP) is 1.38. The summed E-state index contributed by atoms with van der Waals surface area (Å²) in [6, 6.07) is 4.00. The van der Waals surface area contributed by atoms with Crippen molar-refractivity contribution in [1.82, 2.24) is 4.90 Å². The number of hydrogen-bond donors (Lipinski definition) is 2. The van der Waals surface area contributed by atoms with Gasteiger partial charge in [0.05, 0.1) is 17.1 Å². The van der Waals surface area contributed by atoms with Gasteiger partial charge in [0.25, 0.3) is 5.91 Å². The highest BCUT2D eigenvalue weighted by Gasteiger charge is 2.22. The zero-order valence-electron chi connectivity index (χ0n) is 13.1. The van der Waals surface area contributed by atoms with Gasteiger partial charge >= 0.3 is 0 Å². The van der Waals surface area contributed by atoms with Gasteiger partial charge in [0, 0.05) is 25.2 Å². The molecule has 1 aromatic rings. The zero-order chi connectivity index (χ0) is 15.6. The van der Waals surface area contributed by atoms with Crippen LogP contribution in [0.15, 0.2) is 12.1 Å². The van der Waals surface area contributed by atoms with Crippen molar-refractivity contribution in [2.24, 2.45) is 0 Å². The SMILES string of the molecule is CCN(c1cc2c(cc1N)OCC(=O)N2)C(C)CN(C)C. The van der Waals surface area contributed by atoms with Gasteiger partial charge in [-0.25, -0.2) is 0 Å². The van der Waals surface area contributed by atoms with E-state index in [1.165, 1.54) is 0 Å². The standard InChI is InChI=1S/C15H24N4O2/c1-5-19(10(2)8-18(3)4)13-7-12-14(6-11(13)16)21-9-15(20)17-12/h6-7,10H,5,8-9,16H2,1-4H3,(H,17,20). The first-order valence-electron chi connectivity index (χ1n) is 7.20. The maximum Gasteiger partial charge on any atom is 0.262 e. The summed E-state index contributed by atoms with van der Waals surface area (Å²) in [5.74, 6) is 0.495. The fourth-order valence-corrected chi connectivity index (χ4v) is 2.73. The van der Waals surface area contributed by atoms with Crippen molar-refractivity contribution in [1.29, 1.82) is 0 Å². The molecule has 3 N–H and O–H groups in total. The lowest BCUT2D eigenvalue weighted by atomic mass is 10.1. The zero-order valence-corrected chi connectivity index (χ0v) is 13.1. The Kier molecular flexibility index (Phi) is 4.57. The highest BCUT2D eigenvalue weighted by molar-refractivity contribution is 5.97. The third-order valence-corrected chi connectivity index (χ3v) is 3.57. The van der Waals surface area contributed by atoms with Crippen LogP contribution >= 0.6 is 0 Å². The fourth-order valence-electron chi connectivity index (χ4n) is 2.73. The lowest BCUT2D eigenvalue weighted by Gasteiger charge is -2.34. The van der Waals surface area contributed by atoms with Gasteiger partial charge in [0.15, 0.2) is 6.61 Å². The molecule has 1 amide bonds. The molecule has 1 heterocycles. The maximum absolute atomic E-state index is 11.5. The van der Waals surface area contributed by atoms with Crippen molar-refractivity contribution in [3.8, 4) is 5.75 Å². The van der Waals surface area contributed by atoms with Crippen molar-refractivity contribution in [3.05, 3.63) is 12.1 Å².